The number of hydrogen-bond acceptors (Lipinski definition) is 1. The van der Waals surface area contributed by atoms with Crippen LogP contribution in [0.4, 0.5) is 0 Å². The molecule has 0 fully saturated rings. The fourth-order valence-corrected chi connectivity index (χ4v) is 1.61. The summed E-state index contributed by atoms with van der Waals surface area (Å²) in [7, 11) is 0. The summed E-state index contributed by atoms with van der Waals surface area (Å²) in [6.45, 7) is 5.75. The molecule has 0 saturated carbocycles. The van der Waals surface area contributed by atoms with E-state index in [1.807, 2.05) is 44.2 Å². The molecular weight excluding hydrogens is 229 g/mol. The highest BCUT2D eigenvalue weighted by atomic mass is 35.5. The average molecular weight is 244 g/mol. The van der Waals surface area contributed by atoms with Gasteiger partial charge in [0.25, 0.3) is 0 Å². The minimum atomic E-state index is -0.953. The van der Waals surface area contributed by atoms with Crippen LogP contribution >= 0.6 is 23.2 Å². The summed E-state index contributed by atoms with van der Waals surface area (Å²) in [6, 6.07) is 9.96. The van der Waals surface area contributed by atoms with Crippen molar-refractivity contribution in [2.75, 3.05) is 0 Å². The quantitative estimate of drug-likeness (QED) is 0.561. The molecule has 15 heavy (non-hydrogen) atoms. The standard InChI is InChI=1S/C12H15Cl2N/c1-9(2)15-11(12(3,13)14)10-7-5-4-6-8-10/h4-9H,1-3H3. The van der Waals surface area contributed by atoms with E-state index in [0.717, 1.165) is 11.3 Å². The molecule has 0 bridgehead atoms. The summed E-state index contributed by atoms with van der Waals surface area (Å²) in [4.78, 5) is 4.47. The van der Waals surface area contributed by atoms with Crippen molar-refractivity contribution in [3.05, 3.63) is 35.9 Å². The number of hydrogen-bond donors (Lipinski definition) is 0. The molecule has 0 aliphatic carbocycles. The van der Waals surface area contributed by atoms with E-state index in [4.69, 9.17) is 23.2 Å². The second kappa shape index (κ2) is 5.00. The van der Waals surface area contributed by atoms with E-state index < -0.39 is 4.33 Å². The molecule has 0 radical (unpaired) electrons. The molecule has 0 atom stereocenters. The Balaban J connectivity index is 3.15. The highest BCUT2D eigenvalue weighted by Gasteiger charge is 2.26. The van der Waals surface area contributed by atoms with Crippen LogP contribution < -0.4 is 0 Å². The topological polar surface area (TPSA) is 12.4 Å². The summed E-state index contributed by atoms with van der Waals surface area (Å²) in [5.74, 6) is 0. The Kier molecular flexibility index (Phi) is 4.18. The van der Waals surface area contributed by atoms with E-state index >= 15 is 0 Å². The Morgan fingerprint density at radius 3 is 2.13 bits per heavy atom. The highest BCUT2D eigenvalue weighted by Crippen LogP contribution is 2.26. The van der Waals surface area contributed by atoms with Crippen molar-refractivity contribution >= 4 is 28.9 Å². The van der Waals surface area contributed by atoms with Crippen molar-refractivity contribution < 1.29 is 0 Å². The summed E-state index contributed by atoms with van der Waals surface area (Å²) in [5, 5.41) is 0. The lowest BCUT2D eigenvalue weighted by atomic mass is 10.1. The number of halogens is 2. The van der Waals surface area contributed by atoms with Gasteiger partial charge >= 0.3 is 0 Å². The van der Waals surface area contributed by atoms with Gasteiger partial charge in [0.2, 0.25) is 0 Å². The summed E-state index contributed by atoms with van der Waals surface area (Å²) < 4.78 is -0.953. The second-order valence-electron chi connectivity index (χ2n) is 3.83. The van der Waals surface area contributed by atoms with Crippen molar-refractivity contribution in [1.29, 1.82) is 0 Å². The van der Waals surface area contributed by atoms with Gasteiger partial charge in [0, 0.05) is 6.04 Å². The molecule has 0 aliphatic rings. The third kappa shape index (κ3) is 3.84. The summed E-state index contributed by atoms with van der Waals surface area (Å²) in [5.41, 5.74) is 1.69. The maximum atomic E-state index is 6.11. The maximum Gasteiger partial charge on any atom is 0.157 e. The van der Waals surface area contributed by atoms with Crippen molar-refractivity contribution in [1.82, 2.24) is 0 Å². The molecule has 0 saturated heterocycles. The molecule has 0 amide bonds. The lowest BCUT2D eigenvalue weighted by Gasteiger charge is -2.18. The van der Waals surface area contributed by atoms with Gasteiger partial charge in [-0.25, -0.2) is 0 Å². The highest BCUT2D eigenvalue weighted by molar-refractivity contribution is 6.60. The van der Waals surface area contributed by atoms with Crippen molar-refractivity contribution in [2.45, 2.75) is 31.1 Å². The second-order valence-corrected chi connectivity index (χ2v) is 5.53. The Hall–Kier alpha value is -0.530. The van der Waals surface area contributed by atoms with Crippen molar-refractivity contribution in [2.24, 2.45) is 4.99 Å². The zero-order valence-corrected chi connectivity index (χ0v) is 10.7. The minimum absolute atomic E-state index is 0.178. The summed E-state index contributed by atoms with van der Waals surface area (Å²) >= 11 is 12.2. The number of aliphatic imine (C=N–C) groups is 1. The van der Waals surface area contributed by atoms with Gasteiger partial charge in [0.15, 0.2) is 4.33 Å². The molecule has 1 rings (SSSR count). The van der Waals surface area contributed by atoms with E-state index in [1.54, 1.807) is 6.92 Å². The van der Waals surface area contributed by atoms with E-state index in [-0.39, 0.29) is 6.04 Å². The fraction of sp³-hybridized carbons (Fsp3) is 0.417. The first-order valence-corrected chi connectivity index (χ1v) is 5.68. The van der Waals surface area contributed by atoms with Crippen LogP contribution in [0.25, 0.3) is 0 Å². The van der Waals surface area contributed by atoms with Crippen LogP contribution in [0.2, 0.25) is 0 Å². The largest absolute Gasteiger partial charge is 0.283 e. The SMILES string of the molecule is CC(C)N=C(c1ccccc1)C(C)(Cl)Cl. The molecule has 0 aliphatic heterocycles. The molecular formula is C12H15Cl2N. The molecule has 3 heteroatoms. The molecule has 0 aromatic heterocycles. The average Bonchev–Trinajstić information content (AvgIpc) is 2.14. The van der Waals surface area contributed by atoms with Crippen LogP contribution in [-0.4, -0.2) is 16.1 Å². The van der Waals surface area contributed by atoms with Crippen LogP contribution in [0.3, 0.4) is 0 Å². The van der Waals surface area contributed by atoms with Crippen molar-refractivity contribution in [3.8, 4) is 0 Å². The molecule has 82 valence electrons. The van der Waals surface area contributed by atoms with Crippen LogP contribution in [0, 0.1) is 0 Å². The zero-order chi connectivity index (χ0) is 11.5. The third-order valence-corrected chi connectivity index (χ3v) is 2.21. The third-order valence-electron chi connectivity index (χ3n) is 1.85. The van der Waals surface area contributed by atoms with E-state index in [1.165, 1.54) is 0 Å². The van der Waals surface area contributed by atoms with Crippen molar-refractivity contribution in [3.63, 3.8) is 0 Å². The lowest BCUT2D eigenvalue weighted by molar-refractivity contribution is 0.828. The minimum Gasteiger partial charge on any atom is -0.283 e. The summed E-state index contributed by atoms with van der Waals surface area (Å²) in [6.07, 6.45) is 0. The first-order chi connectivity index (χ1) is 6.91. The molecule has 1 aromatic carbocycles. The van der Waals surface area contributed by atoms with Gasteiger partial charge < -0.3 is 0 Å². The number of alkyl halides is 2. The van der Waals surface area contributed by atoms with Gasteiger partial charge in [-0.3, -0.25) is 4.99 Å². The molecule has 1 nitrogen and oxygen atoms in total. The van der Waals surface area contributed by atoms with Gasteiger partial charge in [-0.15, -0.1) is 0 Å². The van der Waals surface area contributed by atoms with E-state index in [0.29, 0.717) is 0 Å². The van der Waals surface area contributed by atoms with Gasteiger partial charge in [-0.1, -0.05) is 53.5 Å². The monoisotopic (exact) mass is 243 g/mol. The Morgan fingerprint density at radius 1 is 1.20 bits per heavy atom. The molecule has 0 spiro atoms. The Labute approximate surface area is 101 Å². The van der Waals surface area contributed by atoms with Gasteiger partial charge in [-0.2, -0.15) is 0 Å². The van der Waals surface area contributed by atoms with Gasteiger partial charge in [-0.05, 0) is 26.3 Å². The van der Waals surface area contributed by atoms with Crippen LogP contribution in [0.1, 0.15) is 26.3 Å². The number of nitrogens with zero attached hydrogens (tertiary/aromatic N) is 1. The fourth-order valence-electron chi connectivity index (χ4n) is 1.30. The van der Waals surface area contributed by atoms with Gasteiger partial charge in [0.05, 0.1) is 5.71 Å². The Morgan fingerprint density at radius 2 is 1.73 bits per heavy atom. The van der Waals surface area contributed by atoms with Crippen LogP contribution in [-0.2, 0) is 0 Å². The predicted molar refractivity (Wildman–Crippen MR) is 68.2 cm³/mol. The Bertz CT molecular complexity index is 336. The van der Waals surface area contributed by atoms with E-state index in [2.05, 4.69) is 4.99 Å². The predicted octanol–water partition coefficient (Wildman–Crippen LogP) is 4.08. The maximum absolute atomic E-state index is 6.11. The van der Waals surface area contributed by atoms with Crippen LogP contribution in [0.5, 0.6) is 0 Å². The number of rotatable bonds is 3. The smallest absolute Gasteiger partial charge is 0.157 e. The normalized spacial score (nSPS) is 13.3. The molecule has 0 heterocycles. The van der Waals surface area contributed by atoms with Crippen LogP contribution in [0.15, 0.2) is 35.3 Å². The molecule has 0 N–H and O–H groups in total. The molecule has 0 unspecified atom stereocenters. The van der Waals surface area contributed by atoms with E-state index in [9.17, 15) is 0 Å². The first-order valence-electron chi connectivity index (χ1n) is 4.93. The number of benzene rings is 1. The lowest BCUT2D eigenvalue weighted by Crippen LogP contribution is -2.24. The first kappa shape index (κ1) is 12.5. The van der Waals surface area contributed by atoms with Gasteiger partial charge in [0.1, 0.15) is 0 Å². The zero-order valence-electron chi connectivity index (χ0n) is 9.17. The molecule has 1 aromatic rings.